The standard InChI is InChI=1S/C20H15F3N2OS/c1-14-13-27-19(24-14)25(17-8-3-2-4-9-17)18(26)11-10-15-6-5-7-16(12-15)20(21,22)23/h2-13H,1H3/b11-10+. The van der Waals surface area contributed by atoms with Crippen LogP contribution in [0.3, 0.4) is 0 Å². The molecule has 0 saturated carbocycles. The van der Waals surface area contributed by atoms with Gasteiger partial charge < -0.3 is 0 Å². The topological polar surface area (TPSA) is 33.2 Å². The van der Waals surface area contributed by atoms with Gasteiger partial charge >= 0.3 is 6.18 Å². The normalized spacial score (nSPS) is 11.7. The van der Waals surface area contributed by atoms with Crippen molar-refractivity contribution < 1.29 is 18.0 Å². The number of halogens is 3. The fourth-order valence-electron chi connectivity index (χ4n) is 2.41. The number of aromatic nitrogens is 1. The van der Waals surface area contributed by atoms with Crippen LogP contribution in [-0.4, -0.2) is 10.9 Å². The Morgan fingerprint density at radius 3 is 2.48 bits per heavy atom. The second-order valence-corrected chi connectivity index (χ2v) is 6.57. The van der Waals surface area contributed by atoms with E-state index in [4.69, 9.17) is 0 Å². The van der Waals surface area contributed by atoms with Crippen molar-refractivity contribution >= 4 is 34.1 Å². The molecule has 3 nitrogen and oxygen atoms in total. The van der Waals surface area contributed by atoms with Crippen molar-refractivity contribution in [1.82, 2.24) is 4.98 Å². The highest BCUT2D eigenvalue weighted by Crippen LogP contribution is 2.31. The number of para-hydroxylation sites is 1. The minimum atomic E-state index is -4.43. The van der Waals surface area contributed by atoms with Crippen molar-refractivity contribution in [3.8, 4) is 0 Å². The maximum absolute atomic E-state index is 12.8. The molecule has 0 aliphatic carbocycles. The molecule has 1 aromatic heterocycles. The first-order chi connectivity index (χ1) is 12.8. The van der Waals surface area contributed by atoms with Gasteiger partial charge in [0.2, 0.25) is 0 Å². The van der Waals surface area contributed by atoms with Gasteiger partial charge in [-0.3, -0.25) is 9.69 Å². The molecule has 3 rings (SSSR count). The number of carbonyl (C=O) groups is 1. The lowest BCUT2D eigenvalue weighted by molar-refractivity contribution is -0.137. The second kappa shape index (κ2) is 7.75. The van der Waals surface area contributed by atoms with E-state index in [1.807, 2.05) is 18.4 Å². The van der Waals surface area contributed by atoms with Crippen LogP contribution in [0.4, 0.5) is 24.0 Å². The van der Waals surface area contributed by atoms with Crippen molar-refractivity contribution in [1.29, 1.82) is 0 Å². The molecule has 0 fully saturated rings. The molecule has 3 aromatic rings. The molecule has 7 heteroatoms. The molecule has 0 N–H and O–H groups in total. The highest BCUT2D eigenvalue weighted by molar-refractivity contribution is 7.14. The second-order valence-electron chi connectivity index (χ2n) is 5.74. The number of hydrogen-bond acceptors (Lipinski definition) is 3. The molecule has 2 aromatic carbocycles. The molecule has 0 atom stereocenters. The van der Waals surface area contributed by atoms with Crippen molar-refractivity contribution in [2.75, 3.05) is 4.90 Å². The number of amides is 1. The van der Waals surface area contributed by atoms with Crippen molar-refractivity contribution in [3.63, 3.8) is 0 Å². The molecular weight excluding hydrogens is 373 g/mol. The van der Waals surface area contributed by atoms with Gasteiger partial charge in [-0.15, -0.1) is 11.3 Å². The van der Waals surface area contributed by atoms with Gasteiger partial charge in [0, 0.05) is 11.5 Å². The highest BCUT2D eigenvalue weighted by Gasteiger charge is 2.30. The summed E-state index contributed by atoms with van der Waals surface area (Å²) in [4.78, 5) is 18.6. The van der Waals surface area contributed by atoms with Crippen LogP contribution in [0, 0.1) is 6.92 Å². The first kappa shape index (κ1) is 18.8. The fraction of sp³-hybridized carbons (Fsp3) is 0.100. The zero-order chi connectivity index (χ0) is 19.4. The fourth-order valence-corrected chi connectivity index (χ4v) is 3.24. The van der Waals surface area contributed by atoms with Crippen molar-refractivity contribution in [3.05, 3.63) is 82.9 Å². The van der Waals surface area contributed by atoms with Crippen LogP contribution in [0.15, 0.2) is 66.1 Å². The molecule has 27 heavy (non-hydrogen) atoms. The Kier molecular flexibility index (Phi) is 5.41. The SMILES string of the molecule is Cc1csc(N(C(=O)/C=C/c2cccc(C(F)(F)F)c2)c2ccccc2)n1. The zero-order valence-corrected chi connectivity index (χ0v) is 15.1. The maximum atomic E-state index is 12.8. The summed E-state index contributed by atoms with van der Waals surface area (Å²) in [5, 5.41) is 2.33. The Bertz CT molecular complexity index is 965. The van der Waals surface area contributed by atoms with Gasteiger partial charge in [-0.2, -0.15) is 13.2 Å². The van der Waals surface area contributed by atoms with Crippen molar-refractivity contribution in [2.45, 2.75) is 13.1 Å². The molecule has 1 heterocycles. The third-order valence-electron chi connectivity index (χ3n) is 3.67. The Balaban J connectivity index is 1.90. The largest absolute Gasteiger partial charge is 0.416 e. The van der Waals surface area contributed by atoms with Crippen LogP contribution in [-0.2, 0) is 11.0 Å². The monoisotopic (exact) mass is 388 g/mol. The summed E-state index contributed by atoms with van der Waals surface area (Å²) in [7, 11) is 0. The van der Waals surface area contributed by atoms with E-state index in [9.17, 15) is 18.0 Å². The molecule has 0 unspecified atom stereocenters. The summed E-state index contributed by atoms with van der Waals surface area (Å²) in [6.45, 7) is 1.83. The first-order valence-electron chi connectivity index (χ1n) is 8.01. The van der Waals surface area contributed by atoms with E-state index < -0.39 is 17.6 Å². The minimum absolute atomic E-state index is 0.293. The van der Waals surface area contributed by atoms with E-state index in [0.29, 0.717) is 16.4 Å². The van der Waals surface area contributed by atoms with Gasteiger partial charge in [-0.05, 0) is 42.8 Å². The van der Waals surface area contributed by atoms with E-state index in [1.165, 1.54) is 40.5 Å². The van der Waals surface area contributed by atoms with E-state index >= 15 is 0 Å². The Morgan fingerprint density at radius 1 is 1.11 bits per heavy atom. The summed E-state index contributed by atoms with van der Waals surface area (Å²) in [6.07, 6.45) is -1.81. The van der Waals surface area contributed by atoms with Gasteiger partial charge in [0.1, 0.15) is 0 Å². The Labute approximate surface area is 158 Å². The van der Waals surface area contributed by atoms with Crippen LogP contribution >= 0.6 is 11.3 Å². The number of thiazole rings is 1. The highest BCUT2D eigenvalue weighted by atomic mass is 32.1. The van der Waals surface area contributed by atoms with Crippen LogP contribution in [0.5, 0.6) is 0 Å². The molecule has 0 saturated heterocycles. The molecule has 1 amide bonds. The van der Waals surface area contributed by atoms with E-state index in [2.05, 4.69) is 4.98 Å². The lowest BCUT2D eigenvalue weighted by atomic mass is 10.1. The lowest BCUT2D eigenvalue weighted by Gasteiger charge is -2.18. The number of nitrogens with zero attached hydrogens (tertiary/aromatic N) is 2. The van der Waals surface area contributed by atoms with Crippen LogP contribution in [0.25, 0.3) is 6.08 Å². The van der Waals surface area contributed by atoms with Crippen LogP contribution in [0.1, 0.15) is 16.8 Å². The molecule has 138 valence electrons. The molecular formula is C20H15F3N2OS. The summed E-state index contributed by atoms with van der Waals surface area (Å²) in [6, 6.07) is 13.8. The molecule has 0 aliphatic rings. The Morgan fingerprint density at radius 2 is 1.85 bits per heavy atom. The summed E-state index contributed by atoms with van der Waals surface area (Å²) in [5.74, 6) is -0.395. The van der Waals surface area contributed by atoms with Gasteiger partial charge in [0.25, 0.3) is 5.91 Å². The number of anilines is 2. The lowest BCUT2D eigenvalue weighted by Crippen LogP contribution is -2.23. The quantitative estimate of drug-likeness (QED) is 0.526. The first-order valence-corrected chi connectivity index (χ1v) is 8.89. The van der Waals surface area contributed by atoms with Gasteiger partial charge in [-0.25, -0.2) is 4.98 Å². The number of carbonyl (C=O) groups excluding carboxylic acids is 1. The summed E-state index contributed by atoms with van der Waals surface area (Å²) in [5.41, 5.74) is 0.949. The average molecular weight is 388 g/mol. The minimum Gasteiger partial charge on any atom is -0.269 e. The predicted octanol–water partition coefficient (Wildman–Crippen LogP) is 5.85. The van der Waals surface area contributed by atoms with Gasteiger partial charge in [0.15, 0.2) is 5.13 Å². The van der Waals surface area contributed by atoms with Gasteiger partial charge in [0.05, 0.1) is 16.9 Å². The smallest absolute Gasteiger partial charge is 0.269 e. The Hall–Kier alpha value is -2.93. The van der Waals surface area contributed by atoms with Crippen LogP contribution in [0.2, 0.25) is 0 Å². The number of benzene rings is 2. The third-order valence-corrected chi connectivity index (χ3v) is 4.61. The van der Waals surface area contributed by atoms with Crippen molar-refractivity contribution in [2.24, 2.45) is 0 Å². The average Bonchev–Trinajstić information content (AvgIpc) is 3.06. The summed E-state index contributed by atoms with van der Waals surface area (Å²) < 4.78 is 38.5. The molecule has 0 aliphatic heterocycles. The number of rotatable bonds is 4. The molecule has 0 bridgehead atoms. The van der Waals surface area contributed by atoms with Crippen LogP contribution < -0.4 is 4.90 Å². The number of aryl methyl sites for hydroxylation is 1. The number of hydrogen-bond donors (Lipinski definition) is 0. The van der Waals surface area contributed by atoms with E-state index in [0.717, 1.165) is 17.8 Å². The third kappa shape index (κ3) is 4.62. The van der Waals surface area contributed by atoms with Gasteiger partial charge in [-0.1, -0.05) is 30.3 Å². The maximum Gasteiger partial charge on any atom is 0.416 e. The zero-order valence-electron chi connectivity index (χ0n) is 14.3. The van der Waals surface area contributed by atoms with E-state index in [-0.39, 0.29) is 0 Å². The summed E-state index contributed by atoms with van der Waals surface area (Å²) >= 11 is 1.32. The van der Waals surface area contributed by atoms with E-state index in [1.54, 1.807) is 24.3 Å². The number of alkyl halides is 3. The molecule has 0 radical (unpaired) electrons. The predicted molar refractivity (Wildman–Crippen MR) is 101 cm³/mol. The molecule has 0 spiro atoms.